The number of carboxylic acid groups (broad SMARTS) is 1. The molecule has 0 spiro atoms. The molecule has 0 aliphatic heterocycles. The smallest absolute Gasteiger partial charge is 0.306 e. The molecule has 2 N–H and O–H groups in total. The van der Waals surface area contributed by atoms with Crippen molar-refractivity contribution in [3.8, 4) is 0 Å². The Morgan fingerprint density at radius 2 is 2.06 bits per heavy atom. The average Bonchev–Trinajstić information content (AvgIpc) is 2.76. The third kappa shape index (κ3) is 2.87. The maximum absolute atomic E-state index is 12.0. The Balaban J connectivity index is 1.87. The van der Waals surface area contributed by atoms with Gasteiger partial charge in [0.1, 0.15) is 4.88 Å². The Morgan fingerprint density at radius 1 is 1.39 bits per heavy atom. The summed E-state index contributed by atoms with van der Waals surface area (Å²) in [6, 6.07) is 0.0922. The van der Waals surface area contributed by atoms with Crippen molar-refractivity contribution >= 4 is 23.2 Å². The number of hydrogen-bond donors (Lipinski definition) is 2. The van der Waals surface area contributed by atoms with Gasteiger partial charge in [0.25, 0.3) is 5.91 Å². The van der Waals surface area contributed by atoms with Crippen LogP contribution in [0.25, 0.3) is 0 Å². The molecule has 1 aromatic heterocycles. The molecule has 1 aromatic rings. The molecule has 1 heterocycles. The van der Waals surface area contributed by atoms with Crippen molar-refractivity contribution in [2.24, 2.45) is 5.92 Å². The van der Waals surface area contributed by atoms with E-state index in [0.717, 1.165) is 18.5 Å². The van der Waals surface area contributed by atoms with Crippen molar-refractivity contribution in [3.05, 3.63) is 16.1 Å². The molecule has 2 rings (SSSR count). The Hall–Kier alpha value is -1.43. The number of aryl methyl sites for hydroxylation is 1. The van der Waals surface area contributed by atoms with Gasteiger partial charge in [-0.1, -0.05) is 0 Å². The third-order valence-electron chi connectivity index (χ3n) is 3.36. The minimum atomic E-state index is -0.724. The Kier molecular flexibility index (Phi) is 3.96. The number of amides is 1. The fraction of sp³-hybridized carbons (Fsp3) is 0.583. The van der Waals surface area contributed by atoms with E-state index < -0.39 is 5.97 Å². The maximum atomic E-state index is 12.0. The lowest BCUT2D eigenvalue weighted by Gasteiger charge is -2.26. The van der Waals surface area contributed by atoms with Crippen LogP contribution >= 0.6 is 11.3 Å². The molecule has 18 heavy (non-hydrogen) atoms. The zero-order valence-electron chi connectivity index (χ0n) is 10.2. The summed E-state index contributed by atoms with van der Waals surface area (Å²) in [6.07, 6.45) is 2.75. The molecule has 1 fully saturated rings. The number of thiazole rings is 1. The van der Waals surface area contributed by atoms with Crippen LogP contribution in [0.15, 0.2) is 5.51 Å². The van der Waals surface area contributed by atoms with Gasteiger partial charge >= 0.3 is 5.97 Å². The van der Waals surface area contributed by atoms with Crippen LogP contribution in [0.3, 0.4) is 0 Å². The molecule has 0 unspecified atom stereocenters. The minimum absolute atomic E-state index is 0.0891. The fourth-order valence-corrected chi connectivity index (χ4v) is 2.96. The van der Waals surface area contributed by atoms with Crippen molar-refractivity contribution < 1.29 is 14.7 Å². The Morgan fingerprint density at radius 3 is 2.56 bits per heavy atom. The largest absolute Gasteiger partial charge is 0.481 e. The summed E-state index contributed by atoms with van der Waals surface area (Å²) in [4.78, 5) is 27.5. The van der Waals surface area contributed by atoms with Crippen molar-refractivity contribution in [1.29, 1.82) is 0 Å². The van der Waals surface area contributed by atoms with E-state index in [4.69, 9.17) is 5.11 Å². The summed E-state index contributed by atoms with van der Waals surface area (Å²) < 4.78 is 0. The van der Waals surface area contributed by atoms with Crippen LogP contribution < -0.4 is 5.32 Å². The predicted molar refractivity (Wildman–Crippen MR) is 67.7 cm³/mol. The molecule has 0 radical (unpaired) electrons. The van der Waals surface area contributed by atoms with Gasteiger partial charge in [-0.3, -0.25) is 9.59 Å². The molecule has 1 amide bonds. The molecular weight excluding hydrogens is 252 g/mol. The highest BCUT2D eigenvalue weighted by molar-refractivity contribution is 7.11. The van der Waals surface area contributed by atoms with E-state index in [1.807, 2.05) is 6.92 Å². The number of hydrogen-bond acceptors (Lipinski definition) is 4. The van der Waals surface area contributed by atoms with E-state index in [1.165, 1.54) is 11.3 Å². The molecule has 98 valence electrons. The topological polar surface area (TPSA) is 79.3 Å². The van der Waals surface area contributed by atoms with Crippen molar-refractivity contribution in [3.63, 3.8) is 0 Å². The summed E-state index contributed by atoms with van der Waals surface area (Å²) in [5.74, 6) is -1.06. The number of nitrogens with zero attached hydrogens (tertiary/aromatic N) is 1. The normalized spacial score (nSPS) is 23.6. The van der Waals surface area contributed by atoms with Crippen LogP contribution in [0.4, 0.5) is 0 Å². The van der Waals surface area contributed by atoms with E-state index in [1.54, 1.807) is 5.51 Å². The van der Waals surface area contributed by atoms with Crippen LogP contribution in [0.5, 0.6) is 0 Å². The molecular formula is C12H16N2O3S. The number of carboxylic acids is 1. The van der Waals surface area contributed by atoms with Crippen LogP contribution in [-0.4, -0.2) is 28.0 Å². The number of aromatic nitrogens is 1. The van der Waals surface area contributed by atoms with Crippen LogP contribution in [0, 0.1) is 12.8 Å². The van der Waals surface area contributed by atoms with Crippen molar-refractivity contribution in [1.82, 2.24) is 10.3 Å². The first-order valence-corrected chi connectivity index (χ1v) is 6.89. The van der Waals surface area contributed by atoms with Crippen LogP contribution in [0.1, 0.15) is 41.0 Å². The van der Waals surface area contributed by atoms with Gasteiger partial charge in [0.2, 0.25) is 0 Å². The van der Waals surface area contributed by atoms with Gasteiger partial charge in [-0.25, -0.2) is 4.98 Å². The standard InChI is InChI=1S/C12H16N2O3S/c1-7-10(18-6-13-7)11(15)14-9-4-2-8(3-5-9)12(16)17/h6,8-9H,2-5H2,1H3,(H,14,15)(H,16,17). The van der Waals surface area contributed by atoms with Gasteiger partial charge in [-0.2, -0.15) is 0 Å². The van der Waals surface area contributed by atoms with Crippen molar-refractivity contribution in [2.45, 2.75) is 38.6 Å². The summed E-state index contributed by atoms with van der Waals surface area (Å²) in [7, 11) is 0. The second-order valence-corrected chi connectivity index (χ2v) is 5.48. The molecule has 0 saturated heterocycles. The van der Waals surface area contributed by atoms with E-state index >= 15 is 0 Å². The monoisotopic (exact) mass is 268 g/mol. The Bertz CT molecular complexity index is 450. The van der Waals surface area contributed by atoms with Gasteiger partial charge in [0, 0.05) is 6.04 Å². The number of carbonyl (C=O) groups is 2. The van der Waals surface area contributed by atoms with Gasteiger partial charge in [-0.05, 0) is 32.6 Å². The fourth-order valence-electron chi connectivity index (χ4n) is 2.26. The summed E-state index contributed by atoms with van der Waals surface area (Å²) in [5.41, 5.74) is 2.41. The summed E-state index contributed by atoms with van der Waals surface area (Å²) >= 11 is 1.33. The summed E-state index contributed by atoms with van der Waals surface area (Å²) in [6.45, 7) is 1.81. The maximum Gasteiger partial charge on any atom is 0.306 e. The van der Waals surface area contributed by atoms with E-state index in [-0.39, 0.29) is 17.9 Å². The zero-order chi connectivity index (χ0) is 13.1. The van der Waals surface area contributed by atoms with Crippen LogP contribution in [0.2, 0.25) is 0 Å². The highest BCUT2D eigenvalue weighted by atomic mass is 32.1. The highest BCUT2D eigenvalue weighted by Gasteiger charge is 2.27. The second-order valence-electron chi connectivity index (χ2n) is 4.63. The minimum Gasteiger partial charge on any atom is -0.481 e. The molecule has 1 aliphatic carbocycles. The average molecular weight is 268 g/mol. The molecule has 0 aromatic carbocycles. The highest BCUT2D eigenvalue weighted by Crippen LogP contribution is 2.25. The quantitative estimate of drug-likeness (QED) is 0.876. The van der Waals surface area contributed by atoms with Crippen molar-refractivity contribution in [2.75, 3.05) is 0 Å². The molecule has 1 saturated carbocycles. The zero-order valence-corrected chi connectivity index (χ0v) is 11.0. The first-order valence-electron chi connectivity index (χ1n) is 6.01. The second kappa shape index (κ2) is 5.48. The van der Waals surface area contributed by atoms with Crippen LogP contribution in [-0.2, 0) is 4.79 Å². The lowest BCUT2D eigenvalue weighted by Crippen LogP contribution is -2.38. The van der Waals surface area contributed by atoms with Gasteiger partial charge < -0.3 is 10.4 Å². The number of nitrogens with one attached hydrogen (secondary N) is 1. The molecule has 6 heteroatoms. The predicted octanol–water partition coefficient (Wildman–Crippen LogP) is 1.82. The van der Waals surface area contributed by atoms with E-state index in [2.05, 4.69) is 10.3 Å². The molecule has 1 aliphatic rings. The number of rotatable bonds is 3. The first-order chi connectivity index (χ1) is 8.58. The molecule has 5 nitrogen and oxygen atoms in total. The lowest BCUT2D eigenvalue weighted by atomic mass is 9.86. The van der Waals surface area contributed by atoms with E-state index in [0.29, 0.717) is 17.7 Å². The van der Waals surface area contributed by atoms with Gasteiger partial charge in [0.05, 0.1) is 17.1 Å². The lowest BCUT2D eigenvalue weighted by molar-refractivity contribution is -0.142. The Labute approximate surface area is 109 Å². The van der Waals surface area contributed by atoms with E-state index in [9.17, 15) is 9.59 Å². The first kappa shape index (κ1) is 13.0. The molecule has 0 bridgehead atoms. The van der Waals surface area contributed by atoms with Gasteiger partial charge in [-0.15, -0.1) is 11.3 Å². The molecule has 0 atom stereocenters. The van der Waals surface area contributed by atoms with Gasteiger partial charge in [0.15, 0.2) is 0 Å². The third-order valence-corrected chi connectivity index (χ3v) is 4.29. The number of carbonyl (C=O) groups excluding carboxylic acids is 1. The number of aliphatic carboxylic acids is 1. The summed E-state index contributed by atoms with van der Waals surface area (Å²) in [5, 5.41) is 11.9. The SMILES string of the molecule is Cc1ncsc1C(=O)NC1CCC(C(=O)O)CC1.